The van der Waals surface area contributed by atoms with Crippen LogP contribution in [0.2, 0.25) is 0 Å². The molecule has 0 aromatic carbocycles. The maximum atomic E-state index is 4.97. The van der Waals surface area contributed by atoms with Crippen LogP contribution in [0.1, 0.15) is 17.2 Å². The topological polar surface area (TPSA) is 34.1 Å². The Morgan fingerprint density at radius 2 is 2.64 bits per heavy atom. The fourth-order valence-corrected chi connectivity index (χ4v) is 2.52. The minimum atomic E-state index is 0.776. The second-order valence-electron chi connectivity index (χ2n) is 3.70. The summed E-state index contributed by atoms with van der Waals surface area (Å²) < 4.78 is 4.97. The number of hydrogen-bond donors (Lipinski definition) is 1. The molecule has 2 atom stereocenters. The summed E-state index contributed by atoms with van der Waals surface area (Å²) in [4.78, 5) is 5.55. The molecule has 1 fully saturated rings. The molecule has 2 unspecified atom stereocenters. The molecule has 14 heavy (non-hydrogen) atoms. The summed E-state index contributed by atoms with van der Waals surface area (Å²) in [6, 6.07) is 0. The van der Waals surface area contributed by atoms with E-state index in [1.807, 2.05) is 11.7 Å². The lowest BCUT2D eigenvalue weighted by Crippen LogP contribution is -2.21. The fourth-order valence-electron chi connectivity index (χ4n) is 1.69. The van der Waals surface area contributed by atoms with Crippen LogP contribution in [-0.2, 0) is 4.74 Å². The largest absolute Gasteiger partial charge is 0.383 e. The molecule has 0 amide bonds. The van der Waals surface area contributed by atoms with Gasteiger partial charge in [0.25, 0.3) is 0 Å². The molecule has 1 N–H and O–H groups in total. The molecule has 1 aromatic heterocycles. The molecular weight excluding hydrogens is 196 g/mol. The van der Waals surface area contributed by atoms with Crippen molar-refractivity contribution in [3.05, 3.63) is 16.6 Å². The molecule has 1 aromatic rings. The van der Waals surface area contributed by atoms with Gasteiger partial charge in [-0.25, -0.2) is 0 Å². The average molecular weight is 212 g/mol. The van der Waals surface area contributed by atoms with Gasteiger partial charge in [0.05, 0.1) is 12.1 Å². The highest BCUT2D eigenvalue weighted by Crippen LogP contribution is 2.48. The van der Waals surface area contributed by atoms with Crippen molar-refractivity contribution < 1.29 is 4.74 Å². The molecule has 1 heterocycles. The first-order chi connectivity index (χ1) is 6.92. The summed E-state index contributed by atoms with van der Waals surface area (Å²) in [5.41, 5.74) is 1.92. The van der Waals surface area contributed by atoms with E-state index < -0.39 is 0 Å². The first kappa shape index (κ1) is 10.1. The van der Waals surface area contributed by atoms with Crippen molar-refractivity contribution in [1.82, 2.24) is 10.3 Å². The predicted octanol–water partition coefficient (Wildman–Crippen LogP) is 1.48. The van der Waals surface area contributed by atoms with Crippen molar-refractivity contribution in [1.29, 1.82) is 0 Å². The monoisotopic (exact) mass is 212 g/mol. The van der Waals surface area contributed by atoms with Crippen LogP contribution in [0.4, 0.5) is 0 Å². The van der Waals surface area contributed by atoms with Crippen LogP contribution in [0.15, 0.2) is 11.7 Å². The second-order valence-corrected chi connectivity index (χ2v) is 4.62. The summed E-state index contributed by atoms with van der Waals surface area (Å²) in [6.07, 6.45) is 3.33. The molecule has 0 aliphatic heterocycles. The molecule has 3 nitrogen and oxygen atoms in total. The third-order valence-corrected chi connectivity index (χ3v) is 3.54. The molecule has 1 aliphatic rings. The molecule has 78 valence electrons. The number of rotatable bonds is 6. The Hall–Kier alpha value is -0.450. The summed E-state index contributed by atoms with van der Waals surface area (Å²) in [6.45, 7) is 2.88. The Balaban J connectivity index is 1.63. The van der Waals surface area contributed by atoms with Gasteiger partial charge < -0.3 is 10.1 Å². The van der Waals surface area contributed by atoms with Gasteiger partial charge in [0.1, 0.15) is 0 Å². The molecular formula is C10H16N2OS. The van der Waals surface area contributed by atoms with Gasteiger partial charge in [0, 0.05) is 24.7 Å². The van der Waals surface area contributed by atoms with Crippen molar-refractivity contribution in [3.8, 4) is 0 Å². The van der Waals surface area contributed by atoms with Gasteiger partial charge in [-0.05, 0) is 24.8 Å². The van der Waals surface area contributed by atoms with Gasteiger partial charge in [0.15, 0.2) is 0 Å². The van der Waals surface area contributed by atoms with Crippen LogP contribution in [0, 0.1) is 5.92 Å². The first-order valence-electron chi connectivity index (χ1n) is 5.00. The lowest BCUT2D eigenvalue weighted by atomic mass is 10.3. The van der Waals surface area contributed by atoms with E-state index in [0.717, 1.165) is 31.5 Å². The minimum absolute atomic E-state index is 0.776. The summed E-state index contributed by atoms with van der Waals surface area (Å²) in [5, 5.41) is 3.40. The first-order valence-corrected chi connectivity index (χ1v) is 5.88. The van der Waals surface area contributed by atoms with Crippen LogP contribution >= 0.6 is 11.3 Å². The predicted molar refractivity (Wildman–Crippen MR) is 57.7 cm³/mol. The van der Waals surface area contributed by atoms with E-state index >= 15 is 0 Å². The van der Waals surface area contributed by atoms with E-state index in [1.54, 1.807) is 18.4 Å². The third-order valence-electron chi connectivity index (χ3n) is 2.63. The van der Waals surface area contributed by atoms with Crippen molar-refractivity contribution in [3.63, 3.8) is 0 Å². The van der Waals surface area contributed by atoms with Crippen LogP contribution in [0.25, 0.3) is 0 Å². The van der Waals surface area contributed by atoms with Crippen molar-refractivity contribution in [2.45, 2.75) is 12.3 Å². The smallest absolute Gasteiger partial charge is 0.0794 e. The van der Waals surface area contributed by atoms with E-state index in [9.17, 15) is 0 Å². The van der Waals surface area contributed by atoms with Crippen LogP contribution in [0.3, 0.4) is 0 Å². The Labute approximate surface area is 88.5 Å². The number of nitrogens with one attached hydrogen (secondary N) is 1. The van der Waals surface area contributed by atoms with Crippen LogP contribution in [-0.4, -0.2) is 31.8 Å². The van der Waals surface area contributed by atoms with Gasteiger partial charge in [-0.15, -0.1) is 11.3 Å². The van der Waals surface area contributed by atoms with Crippen molar-refractivity contribution in [2.24, 2.45) is 5.92 Å². The number of thiazole rings is 1. The van der Waals surface area contributed by atoms with E-state index in [2.05, 4.69) is 10.3 Å². The van der Waals surface area contributed by atoms with Crippen LogP contribution < -0.4 is 5.32 Å². The molecule has 0 radical (unpaired) electrons. The SMILES string of the molecule is COCCNCC1CC1c1cncs1. The highest BCUT2D eigenvalue weighted by Gasteiger charge is 2.38. The highest BCUT2D eigenvalue weighted by atomic mass is 32.1. The molecule has 4 heteroatoms. The number of aromatic nitrogens is 1. The third kappa shape index (κ3) is 2.53. The van der Waals surface area contributed by atoms with Gasteiger partial charge in [-0.3, -0.25) is 4.98 Å². The van der Waals surface area contributed by atoms with Crippen molar-refractivity contribution in [2.75, 3.05) is 26.8 Å². The number of methoxy groups -OCH3 is 1. The van der Waals surface area contributed by atoms with E-state index in [1.165, 1.54) is 11.3 Å². The summed E-state index contributed by atoms with van der Waals surface area (Å²) in [5.74, 6) is 1.60. The van der Waals surface area contributed by atoms with Gasteiger partial charge in [-0.2, -0.15) is 0 Å². The minimum Gasteiger partial charge on any atom is -0.383 e. The fraction of sp³-hybridized carbons (Fsp3) is 0.700. The zero-order valence-electron chi connectivity index (χ0n) is 8.40. The standard InChI is InChI=1S/C10H16N2OS/c1-13-3-2-11-5-8-4-9(8)10-6-12-7-14-10/h6-9,11H,2-5H2,1H3. The lowest BCUT2D eigenvalue weighted by molar-refractivity contribution is 0.199. The quantitative estimate of drug-likeness (QED) is 0.725. The maximum absolute atomic E-state index is 4.97. The number of hydrogen-bond acceptors (Lipinski definition) is 4. The average Bonchev–Trinajstić information content (AvgIpc) is 2.77. The highest BCUT2D eigenvalue weighted by molar-refractivity contribution is 7.09. The Morgan fingerprint density at radius 1 is 1.71 bits per heavy atom. The number of ether oxygens (including phenoxy) is 1. The van der Waals surface area contributed by atoms with E-state index in [4.69, 9.17) is 4.74 Å². The van der Waals surface area contributed by atoms with E-state index in [0.29, 0.717) is 0 Å². The molecule has 0 spiro atoms. The van der Waals surface area contributed by atoms with Gasteiger partial charge in [-0.1, -0.05) is 0 Å². The van der Waals surface area contributed by atoms with Gasteiger partial charge >= 0.3 is 0 Å². The normalized spacial score (nSPS) is 25.2. The van der Waals surface area contributed by atoms with Crippen molar-refractivity contribution >= 4 is 11.3 Å². The number of nitrogens with zero attached hydrogens (tertiary/aromatic N) is 1. The van der Waals surface area contributed by atoms with Crippen LogP contribution in [0.5, 0.6) is 0 Å². The summed E-state index contributed by atoms with van der Waals surface area (Å²) >= 11 is 1.78. The molecule has 0 bridgehead atoms. The zero-order chi connectivity index (χ0) is 9.80. The van der Waals surface area contributed by atoms with Gasteiger partial charge in [0.2, 0.25) is 0 Å². The molecule has 1 saturated carbocycles. The molecule has 1 aliphatic carbocycles. The second kappa shape index (κ2) is 4.87. The Kier molecular flexibility index (Phi) is 3.50. The molecule has 0 saturated heterocycles. The zero-order valence-corrected chi connectivity index (χ0v) is 9.22. The Bertz CT molecular complexity index is 263. The lowest BCUT2D eigenvalue weighted by Gasteiger charge is -2.02. The summed E-state index contributed by atoms with van der Waals surface area (Å²) in [7, 11) is 1.74. The van der Waals surface area contributed by atoms with E-state index in [-0.39, 0.29) is 0 Å². The molecule has 2 rings (SSSR count). The Morgan fingerprint density at radius 3 is 3.36 bits per heavy atom. The maximum Gasteiger partial charge on any atom is 0.0794 e.